The van der Waals surface area contributed by atoms with Gasteiger partial charge in [0, 0.05) is 0 Å². The van der Waals surface area contributed by atoms with Gasteiger partial charge in [0.25, 0.3) is 5.91 Å². The van der Waals surface area contributed by atoms with E-state index in [4.69, 9.17) is 11.5 Å². The lowest BCUT2D eigenvalue weighted by atomic mass is 9.93. The molecular formula is C11H22N3O2. The fourth-order valence-corrected chi connectivity index (χ4v) is 1.61. The molecule has 93 valence electrons. The van der Waals surface area contributed by atoms with Gasteiger partial charge in [0.15, 0.2) is 0 Å². The van der Waals surface area contributed by atoms with E-state index in [1.54, 1.807) is 0 Å². The van der Waals surface area contributed by atoms with Gasteiger partial charge in [0.05, 0.1) is 18.5 Å². The quantitative estimate of drug-likeness (QED) is 0.669. The molecule has 5 nitrogen and oxygen atoms in total. The van der Waals surface area contributed by atoms with Gasteiger partial charge in [-0.2, -0.15) is 0 Å². The average molecular weight is 228 g/mol. The van der Waals surface area contributed by atoms with Crippen LogP contribution in [0.3, 0.4) is 0 Å². The Morgan fingerprint density at radius 1 is 1.12 bits per heavy atom. The summed E-state index contributed by atoms with van der Waals surface area (Å²) in [7, 11) is 0. The summed E-state index contributed by atoms with van der Waals surface area (Å²) in [5, 5.41) is 4.06. The van der Waals surface area contributed by atoms with E-state index in [1.165, 1.54) is 0 Å². The number of amides is 2. The predicted molar refractivity (Wildman–Crippen MR) is 62.4 cm³/mol. The molecule has 0 aromatic heterocycles. The predicted octanol–water partition coefficient (Wildman–Crippen LogP) is 0.000700. The van der Waals surface area contributed by atoms with Gasteiger partial charge in [0.1, 0.15) is 0 Å². The van der Waals surface area contributed by atoms with Crippen LogP contribution in [0.15, 0.2) is 0 Å². The molecule has 0 heterocycles. The first-order chi connectivity index (χ1) is 7.25. The molecule has 5 heteroatoms. The summed E-state index contributed by atoms with van der Waals surface area (Å²) in [4.78, 5) is 22.2. The third-order valence-corrected chi connectivity index (χ3v) is 2.38. The van der Waals surface area contributed by atoms with E-state index >= 15 is 0 Å². The molecule has 0 saturated heterocycles. The Morgan fingerprint density at radius 3 is 1.88 bits per heavy atom. The standard InChI is InChI=1S/C11H22N3O2/c1-6(2)10(7(3)4)14-11(16)8(12)5-9(13)15/h6-8,10H,5,12H2,1-4H3,(H2,13,15)/t8-/m0/s1. The summed E-state index contributed by atoms with van der Waals surface area (Å²) in [6, 6.07) is -0.969. The first kappa shape index (κ1) is 14.9. The van der Waals surface area contributed by atoms with Crippen molar-refractivity contribution >= 4 is 11.8 Å². The molecular weight excluding hydrogens is 206 g/mol. The second-order valence-corrected chi connectivity index (χ2v) is 4.72. The van der Waals surface area contributed by atoms with Crippen molar-refractivity contribution < 1.29 is 9.59 Å². The molecule has 0 aliphatic heterocycles. The summed E-state index contributed by atoms with van der Waals surface area (Å²) in [6.07, 6.45) is -0.148. The molecule has 0 bridgehead atoms. The molecule has 0 saturated carbocycles. The number of rotatable bonds is 6. The maximum atomic E-state index is 11.6. The minimum atomic E-state index is -0.905. The molecule has 1 radical (unpaired) electrons. The summed E-state index contributed by atoms with van der Waals surface area (Å²) in [5.41, 5.74) is 10.5. The first-order valence-electron chi connectivity index (χ1n) is 5.54. The van der Waals surface area contributed by atoms with E-state index in [2.05, 4.69) is 5.32 Å². The molecule has 16 heavy (non-hydrogen) atoms. The van der Waals surface area contributed by atoms with Crippen molar-refractivity contribution in [1.82, 2.24) is 5.32 Å². The zero-order valence-corrected chi connectivity index (χ0v) is 10.4. The van der Waals surface area contributed by atoms with Crippen LogP contribution < -0.4 is 16.8 Å². The van der Waals surface area contributed by atoms with E-state index < -0.39 is 17.9 Å². The summed E-state index contributed by atoms with van der Waals surface area (Å²) >= 11 is 0. The van der Waals surface area contributed by atoms with Crippen LogP contribution in [0.1, 0.15) is 34.1 Å². The second kappa shape index (κ2) is 6.48. The average Bonchev–Trinajstić information content (AvgIpc) is 2.11. The molecule has 0 aromatic carbocycles. The molecule has 0 fully saturated rings. The zero-order chi connectivity index (χ0) is 12.9. The maximum absolute atomic E-state index is 11.6. The molecule has 4 N–H and O–H groups in total. The molecule has 0 unspecified atom stereocenters. The van der Waals surface area contributed by atoms with Gasteiger partial charge in [-0.3, -0.25) is 9.59 Å². The van der Waals surface area contributed by atoms with Gasteiger partial charge in [0.2, 0.25) is 5.91 Å². The minimum absolute atomic E-state index is 0.0635. The number of primary amides is 1. The Hall–Kier alpha value is -1.10. The van der Waals surface area contributed by atoms with Crippen LogP contribution in [0.25, 0.3) is 0 Å². The third kappa shape index (κ3) is 5.11. The number of hydrogen-bond donors (Lipinski definition) is 2. The van der Waals surface area contributed by atoms with E-state index in [-0.39, 0.29) is 24.3 Å². The fourth-order valence-electron chi connectivity index (χ4n) is 1.61. The van der Waals surface area contributed by atoms with Crippen LogP contribution in [-0.4, -0.2) is 23.9 Å². The van der Waals surface area contributed by atoms with Crippen molar-refractivity contribution in [1.29, 1.82) is 0 Å². The van der Waals surface area contributed by atoms with Gasteiger partial charge in [-0.1, -0.05) is 27.7 Å². The van der Waals surface area contributed by atoms with Crippen LogP contribution in [0.4, 0.5) is 0 Å². The molecule has 0 aliphatic carbocycles. The monoisotopic (exact) mass is 228 g/mol. The maximum Gasteiger partial charge on any atom is 0.258 e. The van der Waals surface area contributed by atoms with Crippen LogP contribution in [0.5, 0.6) is 0 Å². The van der Waals surface area contributed by atoms with Crippen LogP contribution in [-0.2, 0) is 9.59 Å². The van der Waals surface area contributed by atoms with Crippen LogP contribution in [0.2, 0.25) is 0 Å². The Bertz CT molecular complexity index is 244. The number of hydrogen-bond acceptors (Lipinski definition) is 3. The van der Waals surface area contributed by atoms with Gasteiger partial charge in [-0.25, -0.2) is 5.32 Å². The van der Waals surface area contributed by atoms with Gasteiger partial charge in [-0.15, -0.1) is 0 Å². The van der Waals surface area contributed by atoms with Crippen LogP contribution in [0, 0.1) is 11.8 Å². The Balaban J connectivity index is 4.34. The Kier molecular flexibility index (Phi) is 6.03. The van der Waals surface area contributed by atoms with Crippen molar-refractivity contribution in [2.75, 3.05) is 0 Å². The highest BCUT2D eigenvalue weighted by Crippen LogP contribution is 2.13. The summed E-state index contributed by atoms with van der Waals surface area (Å²) in [5.74, 6) is -0.484. The molecule has 0 aromatic rings. The van der Waals surface area contributed by atoms with Gasteiger partial charge < -0.3 is 11.5 Å². The lowest BCUT2D eigenvalue weighted by Gasteiger charge is -2.24. The summed E-state index contributed by atoms with van der Waals surface area (Å²) in [6.45, 7) is 8.00. The Labute approximate surface area is 96.9 Å². The number of carbonyl (C=O) groups is 2. The van der Waals surface area contributed by atoms with Crippen molar-refractivity contribution in [3.63, 3.8) is 0 Å². The zero-order valence-electron chi connectivity index (χ0n) is 10.4. The highest BCUT2D eigenvalue weighted by atomic mass is 16.2. The van der Waals surface area contributed by atoms with E-state index in [0.29, 0.717) is 0 Å². The van der Waals surface area contributed by atoms with E-state index in [1.807, 2.05) is 27.7 Å². The van der Waals surface area contributed by atoms with Crippen molar-refractivity contribution in [2.24, 2.45) is 23.3 Å². The highest BCUT2D eigenvalue weighted by Gasteiger charge is 2.25. The minimum Gasteiger partial charge on any atom is -0.370 e. The highest BCUT2D eigenvalue weighted by molar-refractivity contribution is 5.87. The third-order valence-electron chi connectivity index (χ3n) is 2.38. The fraction of sp³-hybridized carbons (Fsp3) is 0.818. The smallest absolute Gasteiger partial charge is 0.258 e. The topological polar surface area (TPSA) is 100 Å². The van der Waals surface area contributed by atoms with E-state index in [0.717, 1.165) is 0 Å². The van der Waals surface area contributed by atoms with Crippen LogP contribution >= 0.6 is 0 Å². The van der Waals surface area contributed by atoms with Gasteiger partial charge >= 0.3 is 0 Å². The SMILES string of the molecule is CC(C)C([N]C(=O)[C@@H](N)CC(N)=O)C(C)C. The summed E-state index contributed by atoms with van der Waals surface area (Å²) < 4.78 is 0. The number of nitrogens with two attached hydrogens (primary N) is 2. The second-order valence-electron chi connectivity index (χ2n) is 4.72. The largest absolute Gasteiger partial charge is 0.370 e. The molecule has 0 rings (SSSR count). The molecule has 0 spiro atoms. The lowest BCUT2D eigenvalue weighted by molar-refractivity contribution is -0.127. The normalized spacial score (nSPS) is 13.2. The number of carbonyl (C=O) groups excluding carboxylic acids is 2. The Morgan fingerprint density at radius 2 is 1.56 bits per heavy atom. The van der Waals surface area contributed by atoms with E-state index in [9.17, 15) is 9.59 Å². The first-order valence-corrected chi connectivity index (χ1v) is 5.54. The molecule has 2 amide bonds. The molecule has 0 aliphatic rings. The van der Waals surface area contributed by atoms with Gasteiger partial charge in [-0.05, 0) is 11.8 Å². The lowest BCUT2D eigenvalue weighted by Crippen LogP contribution is -2.46. The molecule has 1 atom stereocenters. The van der Waals surface area contributed by atoms with Crippen molar-refractivity contribution in [2.45, 2.75) is 46.2 Å². The van der Waals surface area contributed by atoms with Crippen molar-refractivity contribution in [3.8, 4) is 0 Å². The number of nitrogens with zero attached hydrogens (tertiary/aromatic N) is 1. The van der Waals surface area contributed by atoms with Crippen molar-refractivity contribution in [3.05, 3.63) is 0 Å².